The van der Waals surface area contributed by atoms with E-state index in [1.54, 1.807) is 41.8 Å². The number of aromatic nitrogens is 3. The van der Waals surface area contributed by atoms with Crippen LogP contribution in [0.25, 0.3) is 11.3 Å². The number of carbonyl (C=O) groups is 2. The summed E-state index contributed by atoms with van der Waals surface area (Å²) in [5.74, 6) is -0.228. The van der Waals surface area contributed by atoms with Gasteiger partial charge in [0.25, 0.3) is 5.91 Å². The number of amides is 2. The van der Waals surface area contributed by atoms with Crippen molar-refractivity contribution in [3.8, 4) is 11.3 Å². The Morgan fingerprint density at radius 2 is 2.06 bits per heavy atom. The van der Waals surface area contributed by atoms with Gasteiger partial charge >= 0.3 is 6.09 Å². The normalized spacial score (nSPS) is 15.4. The Morgan fingerprint density at radius 3 is 2.79 bits per heavy atom. The van der Waals surface area contributed by atoms with Gasteiger partial charge in [0.2, 0.25) is 0 Å². The summed E-state index contributed by atoms with van der Waals surface area (Å²) in [5.41, 5.74) is 4.44. The number of ether oxygens (including phenoxy) is 1. The lowest BCUT2D eigenvalue weighted by atomic mass is 10.0. The van der Waals surface area contributed by atoms with Crippen LogP contribution < -0.4 is 10.2 Å². The van der Waals surface area contributed by atoms with Crippen LogP contribution >= 0.6 is 0 Å². The van der Waals surface area contributed by atoms with Gasteiger partial charge in [0.15, 0.2) is 0 Å². The number of anilines is 1. The number of nitrogens with zero attached hydrogens (tertiary/aromatic N) is 4. The van der Waals surface area contributed by atoms with Crippen molar-refractivity contribution < 1.29 is 14.3 Å². The molecule has 170 valence electrons. The number of rotatable bonds is 8. The predicted molar refractivity (Wildman–Crippen MR) is 125 cm³/mol. The molecule has 4 rings (SSSR count). The van der Waals surface area contributed by atoms with E-state index in [9.17, 15) is 9.59 Å². The fraction of sp³-hybridized carbons (Fsp3) is 0.320. The van der Waals surface area contributed by atoms with Crippen LogP contribution in [0.15, 0.2) is 55.1 Å². The molecule has 0 bridgehead atoms. The molecule has 1 N–H and O–H groups in total. The first-order valence-electron chi connectivity index (χ1n) is 11.1. The lowest BCUT2D eigenvalue weighted by molar-refractivity contribution is 0.0954. The summed E-state index contributed by atoms with van der Waals surface area (Å²) in [6, 6.07) is 9.26. The molecule has 0 unspecified atom stereocenters. The zero-order valence-corrected chi connectivity index (χ0v) is 18.8. The van der Waals surface area contributed by atoms with Crippen molar-refractivity contribution in [1.82, 2.24) is 20.3 Å². The Hall–Kier alpha value is -3.81. The summed E-state index contributed by atoms with van der Waals surface area (Å²) in [5, 5.41) is 2.94. The molecule has 2 aromatic heterocycles. The Labute approximate surface area is 193 Å². The molecular formula is C25H27N5O3. The van der Waals surface area contributed by atoms with Gasteiger partial charge < -0.3 is 10.1 Å². The highest BCUT2D eigenvalue weighted by molar-refractivity contribution is 5.99. The third kappa shape index (κ3) is 5.34. The van der Waals surface area contributed by atoms with E-state index in [1.807, 2.05) is 25.1 Å². The van der Waals surface area contributed by atoms with E-state index < -0.39 is 6.09 Å². The molecule has 0 saturated carbocycles. The van der Waals surface area contributed by atoms with Crippen LogP contribution in [0.1, 0.15) is 41.4 Å². The highest BCUT2D eigenvalue weighted by atomic mass is 16.6. The van der Waals surface area contributed by atoms with Crippen LogP contribution in [0.3, 0.4) is 0 Å². The maximum Gasteiger partial charge on any atom is 0.414 e. The van der Waals surface area contributed by atoms with E-state index in [1.165, 1.54) is 0 Å². The quantitative estimate of drug-likeness (QED) is 0.564. The van der Waals surface area contributed by atoms with Crippen molar-refractivity contribution in [2.24, 2.45) is 0 Å². The minimum Gasteiger partial charge on any atom is -0.447 e. The van der Waals surface area contributed by atoms with Gasteiger partial charge in [0.05, 0.1) is 17.4 Å². The summed E-state index contributed by atoms with van der Waals surface area (Å²) >= 11 is 0. The fourth-order valence-electron chi connectivity index (χ4n) is 3.86. The molecule has 0 spiro atoms. The van der Waals surface area contributed by atoms with Gasteiger partial charge in [-0.1, -0.05) is 19.4 Å². The molecule has 1 aliphatic heterocycles. The lowest BCUT2D eigenvalue weighted by Gasteiger charge is -2.22. The summed E-state index contributed by atoms with van der Waals surface area (Å²) < 4.78 is 5.32. The standard InChI is InChI=1S/C25H27N5O3/c1-3-4-21-16-33-25(32)30(21)22-12-18(23-6-5-17(2)14-29-23)11-19(13-22)24(31)28-8-7-20-15-26-9-10-27-20/h5-6,9-15,21H,3-4,7-8,16H2,1-2H3,(H,28,31)/t21-/m1/s1. The largest absolute Gasteiger partial charge is 0.447 e. The Morgan fingerprint density at radius 1 is 1.18 bits per heavy atom. The first kappa shape index (κ1) is 22.4. The molecule has 2 amide bonds. The van der Waals surface area contributed by atoms with E-state index in [0.717, 1.165) is 35.4 Å². The molecule has 1 aromatic carbocycles. The second kappa shape index (κ2) is 10.2. The number of pyridine rings is 1. The van der Waals surface area contributed by atoms with Crippen LogP contribution in [0.4, 0.5) is 10.5 Å². The number of hydrogen-bond acceptors (Lipinski definition) is 6. The van der Waals surface area contributed by atoms with E-state index in [2.05, 4.69) is 27.2 Å². The molecule has 1 aliphatic rings. The monoisotopic (exact) mass is 445 g/mol. The minimum atomic E-state index is -0.392. The first-order chi connectivity index (χ1) is 16.0. The van der Waals surface area contributed by atoms with Crippen molar-refractivity contribution >= 4 is 17.7 Å². The Kier molecular flexibility index (Phi) is 6.92. The summed E-state index contributed by atoms with van der Waals surface area (Å²) in [7, 11) is 0. The number of hydrogen-bond donors (Lipinski definition) is 1. The number of benzene rings is 1. The average molecular weight is 446 g/mol. The molecule has 1 atom stereocenters. The molecule has 0 aliphatic carbocycles. The van der Waals surface area contributed by atoms with Gasteiger partial charge in [-0.3, -0.25) is 24.6 Å². The van der Waals surface area contributed by atoms with Crippen molar-refractivity contribution in [1.29, 1.82) is 0 Å². The average Bonchev–Trinajstić information content (AvgIpc) is 3.20. The summed E-state index contributed by atoms with van der Waals surface area (Å²) in [6.07, 6.45) is 8.63. The highest BCUT2D eigenvalue weighted by Crippen LogP contribution is 2.31. The molecule has 33 heavy (non-hydrogen) atoms. The second-order valence-electron chi connectivity index (χ2n) is 8.08. The SMILES string of the molecule is CCC[C@@H]1COC(=O)N1c1cc(C(=O)NCCc2cnccn2)cc(-c2ccc(C)cn2)c1. The van der Waals surface area contributed by atoms with Gasteiger partial charge in [-0.05, 0) is 43.2 Å². The van der Waals surface area contributed by atoms with E-state index >= 15 is 0 Å². The minimum absolute atomic E-state index is 0.0590. The predicted octanol–water partition coefficient (Wildman–Crippen LogP) is 3.94. The lowest BCUT2D eigenvalue weighted by Crippen LogP contribution is -2.33. The van der Waals surface area contributed by atoms with Gasteiger partial charge in [-0.25, -0.2) is 4.79 Å². The van der Waals surface area contributed by atoms with Crippen molar-refractivity contribution in [3.05, 3.63) is 71.9 Å². The van der Waals surface area contributed by atoms with Gasteiger partial charge in [-0.2, -0.15) is 0 Å². The molecule has 3 heterocycles. The second-order valence-corrected chi connectivity index (χ2v) is 8.08. The van der Waals surface area contributed by atoms with Crippen molar-refractivity contribution in [3.63, 3.8) is 0 Å². The van der Waals surface area contributed by atoms with Gasteiger partial charge in [-0.15, -0.1) is 0 Å². The van der Waals surface area contributed by atoms with Crippen molar-refractivity contribution in [2.75, 3.05) is 18.1 Å². The van der Waals surface area contributed by atoms with Gasteiger partial charge in [0.1, 0.15) is 6.61 Å². The molecule has 1 fully saturated rings. The van der Waals surface area contributed by atoms with Gasteiger partial charge in [0, 0.05) is 54.6 Å². The Bertz CT molecular complexity index is 1120. The van der Waals surface area contributed by atoms with Crippen LogP contribution in [-0.4, -0.2) is 46.1 Å². The number of aryl methyl sites for hydroxylation is 1. The van der Waals surface area contributed by atoms with Crippen LogP contribution in [0.5, 0.6) is 0 Å². The summed E-state index contributed by atoms with van der Waals surface area (Å²) in [6.45, 7) is 4.81. The van der Waals surface area contributed by atoms with Crippen LogP contribution in [-0.2, 0) is 11.2 Å². The maximum atomic E-state index is 13.0. The molecular weight excluding hydrogens is 418 g/mol. The third-order valence-electron chi connectivity index (χ3n) is 5.53. The molecule has 3 aromatic rings. The van der Waals surface area contributed by atoms with E-state index in [-0.39, 0.29) is 11.9 Å². The molecule has 1 saturated heterocycles. The first-order valence-corrected chi connectivity index (χ1v) is 11.1. The number of nitrogens with one attached hydrogen (secondary N) is 1. The van der Waals surface area contributed by atoms with E-state index in [0.29, 0.717) is 30.8 Å². The van der Waals surface area contributed by atoms with Crippen LogP contribution in [0, 0.1) is 6.92 Å². The Balaban J connectivity index is 1.63. The highest BCUT2D eigenvalue weighted by Gasteiger charge is 2.34. The molecule has 0 radical (unpaired) electrons. The zero-order valence-electron chi connectivity index (χ0n) is 18.8. The maximum absolute atomic E-state index is 13.0. The molecule has 8 heteroatoms. The number of carbonyl (C=O) groups excluding carboxylic acids is 2. The smallest absolute Gasteiger partial charge is 0.414 e. The van der Waals surface area contributed by atoms with E-state index in [4.69, 9.17) is 4.74 Å². The zero-order chi connectivity index (χ0) is 23.2. The topological polar surface area (TPSA) is 97.3 Å². The summed E-state index contributed by atoms with van der Waals surface area (Å²) in [4.78, 5) is 40.0. The fourth-order valence-corrected chi connectivity index (χ4v) is 3.86. The third-order valence-corrected chi connectivity index (χ3v) is 5.53. The number of cyclic esters (lactones) is 1. The van der Waals surface area contributed by atoms with Crippen LogP contribution in [0.2, 0.25) is 0 Å². The molecule has 8 nitrogen and oxygen atoms in total. The van der Waals surface area contributed by atoms with Crippen molar-refractivity contribution in [2.45, 2.75) is 39.2 Å².